The summed E-state index contributed by atoms with van der Waals surface area (Å²) in [5, 5.41) is 7.43. The molecule has 0 saturated carbocycles. The van der Waals surface area contributed by atoms with Crippen LogP contribution in [0.3, 0.4) is 0 Å². The molecule has 6 heteroatoms. The maximum atomic E-state index is 5.84. The monoisotopic (exact) mass is 318 g/mol. The van der Waals surface area contributed by atoms with Crippen LogP contribution in [0.2, 0.25) is 0 Å². The van der Waals surface area contributed by atoms with E-state index in [0.717, 1.165) is 27.9 Å². The number of halogens is 1. The molecule has 4 nitrogen and oxygen atoms in total. The standard InChI is InChI=1S/C15H15ClN4S/c1-10-17-11(2)20(19-10)8-12-5-3-4-6-14(12)15-18-13(7-16)9-21-15/h3-6,9H,7-8H2,1-2H3. The molecule has 0 spiro atoms. The molecule has 108 valence electrons. The molecule has 0 amide bonds. The van der Waals surface area contributed by atoms with Gasteiger partial charge in [-0.3, -0.25) is 0 Å². The van der Waals surface area contributed by atoms with Crippen LogP contribution >= 0.6 is 22.9 Å². The number of rotatable bonds is 4. The summed E-state index contributed by atoms with van der Waals surface area (Å²) in [4.78, 5) is 8.92. The minimum absolute atomic E-state index is 0.444. The Morgan fingerprint density at radius 1 is 1.19 bits per heavy atom. The van der Waals surface area contributed by atoms with Crippen molar-refractivity contribution < 1.29 is 0 Å². The minimum atomic E-state index is 0.444. The topological polar surface area (TPSA) is 43.6 Å². The molecule has 0 N–H and O–H groups in total. The first-order valence-corrected chi connectivity index (χ1v) is 8.05. The number of alkyl halides is 1. The highest BCUT2D eigenvalue weighted by molar-refractivity contribution is 7.13. The Morgan fingerprint density at radius 3 is 2.67 bits per heavy atom. The van der Waals surface area contributed by atoms with Gasteiger partial charge in [-0.1, -0.05) is 24.3 Å². The quantitative estimate of drug-likeness (QED) is 0.687. The van der Waals surface area contributed by atoms with Crippen LogP contribution in [0.25, 0.3) is 10.6 Å². The molecule has 0 aliphatic rings. The molecule has 0 aliphatic carbocycles. The van der Waals surface area contributed by atoms with Crippen LogP contribution in [-0.4, -0.2) is 19.7 Å². The van der Waals surface area contributed by atoms with Crippen molar-refractivity contribution in [1.29, 1.82) is 0 Å². The second-order valence-electron chi connectivity index (χ2n) is 4.80. The second-order valence-corrected chi connectivity index (χ2v) is 5.92. The van der Waals surface area contributed by atoms with Crippen molar-refractivity contribution in [3.8, 4) is 10.6 Å². The Labute approximate surface area is 132 Å². The lowest BCUT2D eigenvalue weighted by Crippen LogP contribution is -2.05. The molecule has 3 rings (SSSR count). The lowest BCUT2D eigenvalue weighted by Gasteiger charge is -2.08. The fraction of sp³-hybridized carbons (Fsp3) is 0.267. The molecule has 1 aromatic carbocycles. The maximum absolute atomic E-state index is 5.84. The summed E-state index contributed by atoms with van der Waals surface area (Å²) in [6.07, 6.45) is 0. The summed E-state index contributed by atoms with van der Waals surface area (Å²) in [6.45, 7) is 4.57. The highest BCUT2D eigenvalue weighted by atomic mass is 35.5. The van der Waals surface area contributed by atoms with Gasteiger partial charge in [-0.15, -0.1) is 22.9 Å². The summed E-state index contributed by atoms with van der Waals surface area (Å²) >= 11 is 7.46. The second kappa shape index (κ2) is 5.95. The van der Waals surface area contributed by atoms with Crippen molar-refractivity contribution in [1.82, 2.24) is 19.7 Å². The van der Waals surface area contributed by atoms with Gasteiger partial charge in [0.1, 0.15) is 16.7 Å². The highest BCUT2D eigenvalue weighted by Crippen LogP contribution is 2.28. The van der Waals surface area contributed by atoms with Crippen LogP contribution in [0.1, 0.15) is 22.9 Å². The van der Waals surface area contributed by atoms with Crippen LogP contribution in [0, 0.1) is 13.8 Å². The number of nitrogens with zero attached hydrogens (tertiary/aromatic N) is 4. The molecule has 21 heavy (non-hydrogen) atoms. The van der Waals surface area contributed by atoms with Crippen molar-refractivity contribution >= 4 is 22.9 Å². The van der Waals surface area contributed by atoms with Crippen molar-refractivity contribution in [2.75, 3.05) is 0 Å². The van der Waals surface area contributed by atoms with Crippen molar-refractivity contribution in [3.63, 3.8) is 0 Å². The van der Waals surface area contributed by atoms with Gasteiger partial charge in [0.2, 0.25) is 0 Å². The van der Waals surface area contributed by atoms with Crippen LogP contribution in [-0.2, 0) is 12.4 Å². The van der Waals surface area contributed by atoms with Gasteiger partial charge in [0, 0.05) is 10.9 Å². The SMILES string of the molecule is Cc1nc(C)n(Cc2ccccc2-c2nc(CCl)cs2)n1. The zero-order valence-corrected chi connectivity index (χ0v) is 13.4. The fourth-order valence-electron chi connectivity index (χ4n) is 2.23. The lowest BCUT2D eigenvalue weighted by molar-refractivity contribution is 0.657. The number of hydrogen-bond donors (Lipinski definition) is 0. The first-order chi connectivity index (χ1) is 10.2. The Kier molecular flexibility index (Phi) is 4.03. The van der Waals surface area contributed by atoms with Gasteiger partial charge in [0.15, 0.2) is 0 Å². The summed E-state index contributed by atoms with van der Waals surface area (Å²) < 4.78 is 1.92. The lowest BCUT2D eigenvalue weighted by atomic mass is 10.1. The molecule has 0 radical (unpaired) electrons. The number of aryl methyl sites for hydroxylation is 2. The molecule has 2 aromatic heterocycles. The van der Waals surface area contributed by atoms with E-state index in [0.29, 0.717) is 12.4 Å². The van der Waals surface area contributed by atoms with Crippen LogP contribution in [0.15, 0.2) is 29.6 Å². The maximum Gasteiger partial charge on any atom is 0.147 e. The third-order valence-electron chi connectivity index (χ3n) is 3.22. The van der Waals surface area contributed by atoms with E-state index in [1.807, 2.05) is 36.0 Å². The molecule has 0 fully saturated rings. The highest BCUT2D eigenvalue weighted by Gasteiger charge is 2.11. The number of hydrogen-bond acceptors (Lipinski definition) is 4. The van der Waals surface area contributed by atoms with E-state index in [1.54, 1.807) is 11.3 Å². The average molecular weight is 319 g/mol. The molecular formula is C15H15ClN4S. The molecule has 0 saturated heterocycles. The van der Waals surface area contributed by atoms with Crippen LogP contribution in [0.5, 0.6) is 0 Å². The number of thiazole rings is 1. The van der Waals surface area contributed by atoms with Crippen LogP contribution in [0.4, 0.5) is 0 Å². The van der Waals surface area contributed by atoms with Crippen molar-refractivity contribution in [2.45, 2.75) is 26.3 Å². The van der Waals surface area contributed by atoms with E-state index in [9.17, 15) is 0 Å². The van der Waals surface area contributed by atoms with Gasteiger partial charge >= 0.3 is 0 Å². The molecular weight excluding hydrogens is 304 g/mol. The van der Waals surface area contributed by atoms with E-state index in [-0.39, 0.29) is 0 Å². The minimum Gasteiger partial charge on any atom is -0.246 e. The fourth-order valence-corrected chi connectivity index (χ4v) is 3.34. The van der Waals surface area contributed by atoms with Gasteiger partial charge < -0.3 is 0 Å². The molecule has 0 atom stereocenters. The first kappa shape index (κ1) is 14.2. The summed E-state index contributed by atoms with van der Waals surface area (Å²) in [5.41, 5.74) is 3.23. The predicted octanol–water partition coefficient (Wildman–Crippen LogP) is 3.81. The van der Waals surface area contributed by atoms with E-state index in [2.05, 4.69) is 27.2 Å². The Balaban J connectivity index is 1.98. The van der Waals surface area contributed by atoms with Gasteiger partial charge in [-0.25, -0.2) is 14.6 Å². The van der Waals surface area contributed by atoms with E-state index in [4.69, 9.17) is 11.6 Å². The normalized spacial score (nSPS) is 11.0. The van der Waals surface area contributed by atoms with E-state index in [1.165, 1.54) is 5.56 Å². The van der Waals surface area contributed by atoms with Crippen molar-refractivity contribution in [3.05, 3.63) is 52.6 Å². The molecule has 0 aliphatic heterocycles. The Morgan fingerprint density at radius 2 is 2.00 bits per heavy atom. The van der Waals surface area contributed by atoms with Gasteiger partial charge in [0.25, 0.3) is 0 Å². The zero-order chi connectivity index (χ0) is 14.8. The molecule has 2 heterocycles. The largest absolute Gasteiger partial charge is 0.246 e. The summed E-state index contributed by atoms with van der Waals surface area (Å²) in [5.74, 6) is 2.16. The van der Waals surface area contributed by atoms with E-state index >= 15 is 0 Å². The van der Waals surface area contributed by atoms with E-state index < -0.39 is 0 Å². The first-order valence-electron chi connectivity index (χ1n) is 6.64. The van der Waals surface area contributed by atoms with Gasteiger partial charge in [-0.2, -0.15) is 5.10 Å². The third-order valence-corrected chi connectivity index (χ3v) is 4.42. The Bertz CT molecular complexity index is 763. The van der Waals surface area contributed by atoms with Gasteiger partial charge in [-0.05, 0) is 19.4 Å². The Hall–Kier alpha value is -1.72. The van der Waals surface area contributed by atoms with Crippen LogP contribution < -0.4 is 0 Å². The summed E-state index contributed by atoms with van der Waals surface area (Å²) in [7, 11) is 0. The number of aromatic nitrogens is 4. The third kappa shape index (κ3) is 2.99. The van der Waals surface area contributed by atoms with Gasteiger partial charge in [0.05, 0.1) is 18.1 Å². The molecule has 0 bridgehead atoms. The summed E-state index contributed by atoms with van der Waals surface area (Å²) in [6, 6.07) is 8.26. The zero-order valence-electron chi connectivity index (χ0n) is 11.9. The smallest absolute Gasteiger partial charge is 0.147 e. The average Bonchev–Trinajstić information content (AvgIpc) is 3.06. The van der Waals surface area contributed by atoms with Crippen molar-refractivity contribution in [2.24, 2.45) is 0 Å². The molecule has 0 unspecified atom stereocenters. The molecule has 3 aromatic rings. The predicted molar refractivity (Wildman–Crippen MR) is 85.7 cm³/mol. The number of benzene rings is 1.